The zero-order chi connectivity index (χ0) is 56.6. The van der Waals surface area contributed by atoms with E-state index in [9.17, 15) is 55.5 Å². The molecule has 0 bridgehead atoms. The predicted molar refractivity (Wildman–Crippen MR) is 301 cm³/mol. The molecule has 2 aliphatic rings. The summed E-state index contributed by atoms with van der Waals surface area (Å²) in [5.74, 6) is -0.599. The van der Waals surface area contributed by atoms with Crippen molar-refractivity contribution in [2.75, 3.05) is 19.8 Å². The largest absolute Gasteiger partial charge is 0.394 e. The minimum Gasteiger partial charge on any atom is -0.394 e. The Hall–Kier alpha value is -1.58. The number of nitrogens with one attached hydrogen (secondary N) is 2. The van der Waals surface area contributed by atoms with Crippen LogP contribution in [0.25, 0.3) is 0 Å². The third-order valence-corrected chi connectivity index (χ3v) is 15.9. The Bertz CT molecular complexity index is 1420. The van der Waals surface area contributed by atoms with Gasteiger partial charge in [0.05, 0.1) is 32.0 Å². The van der Waals surface area contributed by atoms with Crippen molar-refractivity contribution >= 4 is 11.8 Å². The summed E-state index contributed by atoms with van der Waals surface area (Å²) in [6.07, 6.45) is 23.0. The SMILES string of the molecule is CCCCCCCCCCCCCCCCCCCCCCCC(O)C(=O)NC(COC1OC(CO)C(OC2OC(CO)C(O)C(O)C2NC(C)=O)C(O)C1O)C(O)C(O)CCCCCCCCCCCCCCC(C)C. The second-order valence-corrected chi connectivity index (χ2v) is 23.3. The van der Waals surface area contributed by atoms with Crippen LogP contribution in [-0.4, -0.2) is 163 Å². The van der Waals surface area contributed by atoms with E-state index in [0.29, 0.717) is 12.8 Å². The summed E-state index contributed by atoms with van der Waals surface area (Å²) in [5, 5.41) is 103. The first kappa shape index (κ1) is 71.5. The molecule has 17 nitrogen and oxygen atoms in total. The molecule has 11 N–H and O–H groups in total. The van der Waals surface area contributed by atoms with Crippen LogP contribution in [0.3, 0.4) is 0 Å². The van der Waals surface area contributed by atoms with Crippen molar-refractivity contribution in [3.63, 3.8) is 0 Å². The summed E-state index contributed by atoms with van der Waals surface area (Å²) >= 11 is 0. The number of amides is 2. The highest BCUT2D eigenvalue weighted by molar-refractivity contribution is 5.80. The second-order valence-electron chi connectivity index (χ2n) is 23.3. The van der Waals surface area contributed by atoms with Gasteiger partial charge in [0.1, 0.15) is 61.0 Å². The molecule has 2 saturated heterocycles. The van der Waals surface area contributed by atoms with E-state index < -0.39 is 117 Å². The zero-order valence-corrected chi connectivity index (χ0v) is 48.7. The van der Waals surface area contributed by atoms with Crippen LogP contribution in [0.2, 0.25) is 0 Å². The topological polar surface area (TPSA) is 277 Å². The summed E-state index contributed by atoms with van der Waals surface area (Å²) in [7, 11) is 0. The average Bonchev–Trinajstić information content (AvgIpc) is 3.41. The number of hydrogen-bond donors (Lipinski definition) is 11. The smallest absolute Gasteiger partial charge is 0.249 e. The molecular weight excluding hydrogens is 989 g/mol. The fourth-order valence-electron chi connectivity index (χ4n) is 10.8. The number of aliphatic hydroxyl groups excluding tert-OH is 9. The van der Waals surface area contributed by atoms with E-state index in [1.165, 1.54) is 161 Å². The third-order valence-electron chi connectivity index (χ3n) is 15.9. The van der Waals surface area contributed by atoms with Crippen molar-refractivity contribution in [3.05, 3.63) is 0 Å². The number of carbonyl (C=O) groups excluding carboxylic acids is 2. The summed E-state index contributed by atoms with van der Waals surface area (Å²) in [6, 6.07) is -2.67. The number of unbranched alkanes of at least 4 members (excludes halogenated alkanes) is 31. The molecule has 77 heavy (non-hydrogen) atoms. The highest BCUT2D eigenvalue weighted by Crippen LogP contribution is 2.30. The zero-order valence-electron chi connectivity index (χ0n) is 48.7. The fourth-order valence-corrected chi connectivity index (χ4v) is 10.8. The van der Waals surface area contributed by atoms with Gasteiger partial charge in [-0.15, -0.1) is 0 Å². The molecule has 2 rings (SSSR count). The van der Waals surface area contributed by atoms with E-state index in [4.69, 9.17) is 18.9 Å². The molecule has 0 radical (unpaired) electrons. The van der Waals surface area contributed by atoms with Gasteiger partial charge in [0.2, 0.25) is 11.8 Å². The molecule has 0 aliphatic carbocycles. The lowest BCUT2D eigenvalue weighted by Gasteiger charge is -2.47. The standard InChI is InChI=1S/C60H116N2O15/c1-5-6-7-8-9-10-11-12-13-14-15-16-17-18-19-20-25-28-31-34-37-40-48(67)58(73)62-46(52(68)47(66)39-36-33-30-27-24-22-21-23-26-29-32-35-38-44(2)3)43-74-60-56(72)55(71)57(50(42-64)76-60)77-59-51(61-45(4)65)54(70)53(69)49(41-63)75-59/h44,46-57,59-60,63-64,66-72H,5-43H2,1-4H3,(H,61,65)(H,62,73). The molecule has 0 saturated carbocycles. The predicted octanol–water partition coefficient (Wildman–Crippen LogP) is 8.06. The second kappa shape index (κ2) is 45.0. The quantitative estimate of drug-likeness (QED) is 0.0257. The lowest BCUT2D eigenvalue weighted by molar-refractivity contribution is -0.347. The van der Waals surface area contributed by atoms with Gasteiger partial charge in [-0.05, 0) is 18.8 Å². The monoisotopic (exact) mass is 1100 g/mol. The first-order chi connectivity index (χ1) is 37.2. The van der Waals surface area contributed by atoms with E-state index in [1.54, 1.807) is 0 Å². The summed E-state index contributed by atoms with van der Waals surface area (Å²) in [6.45, 7) is 5.92. The van der Waals surface area contributed by atoms with Crippen molar-refractivity contribution < 1.29 is 74.5 Å². The highest BCUT2D eigenvalue weighted by atomic mass is 16.7. The van der Waals surface area contributed by atoms with Crippen LogP contribution in [0.15, 0.2) is 0 Å². The molecule has 0 aromatic rings. The first-order valence-electron chi connectivity index (χ1n) is 31.3. The molecule has 2 aliphatic heterocycles. The first-order valence-corrected chi connectivity index (χ1v) is 31.3. The number of carbonyl (C=O) groups is 2. The normalized spacial score (nSPS) is 25.4. The lowest BCUT2D eigenvalue weighted by Crippen LogP contribution is -2.67. The minimum atomic E-state index is -1.86. The molecule has 14 unspecified atom stereocenters. The summed E-state index contributed by atoms with van der Waals surface area (Å²) < 4.78 is 23.2. The van der Waals surface area contributed by atoms with E-state index in [1.807, 2.05) is 0 Å². The van der Waals surface area contributed by atoms with Gasteiger partial charge in [-0.2, -0.15) is 0 Å². The minimum absolute atomic E-state index is 0.203. The van der Waals surface area contributed by atoms with Crippen LogP contribution in [0.5, 0.6) is 0 Å². The van der Waals surface area contributed by atoms with Crippen LogP contribution >= 0.6 is 0 Å². The van der Waals surface area contributed by atoms with Crippen molar-refractivity contribution in [1.82, 2.24) is 10.6 Å². The van der Waals surface area contributed by atoms with Crippen LogP contribution in [0.1, 0.15) is 259 Å². The molecule has 2 fully saturated rings. The molecule has 0 spiro atoms. The fraction of sp³-hybridized carbons (Fsp3) is 0.967. The Labute approximate surface area is 465 Å². The van der Waals surface area contributed by atoms with Gasteiger partial charge in [0, 0.05) is 6.92 Å². The summed E-state index contributed by atoms with van der Waals surface area (Å²) in [4.78, 5) is 25.4. The van der Waals surface area contributed by atoms with Gasteiger partial charge in [-0.1, -0.05) is 239 Å². The maximum Gasteiger partial charge on any atom is 0.249 e. The van der Waals surface area contributed by atoms with Crippen molar-refractivity contribution in [2.45, 2.75) is 345 Å². The van der Waals surface area contributed by atoms with Gasteiger partial charge in [0.15, 0.2) is 12.6 Å². The summed E-state index contributed by atoms with van der Waals surface area (Å²) in [5.41, 5.74) is 0. The van der Waals surface area contributed by atoms with E-state index in [-0.39, 0.29) is 12.8 Å². The van der Waals surface area contributed by atoms with Gasteiger partial charge >= 0.3 is 0 Å². The molecule has 2 amide bonds. The third kappa shape index (κ3) is 31.4. The van der Waals surface area contributed by atoms with Gasteiger partial charge in [-0.25, -0.2) is 0 Å². The molecule has 0 aromatic carbocycles. The molecule has 2 heterocycles. The Morgan fingerprint density at radius 2 is 0.909 bits per heavy atom. The molecular formula is C60H116N2O15. The molecule has 17 heteroatoms. The van der Waals surface area contributed by atoms with E-state index in [2.05, 4.69) is 31.4 Å². The Kier molecular flexibility index (Phi) is 41.8. The number of hydrogen-bond acceptors (Lipinski definition) is 15. The van der Waals surface area contributed by atoms with Gasteiger partial charge in [-0.3, -0.25) is 9.59 Å². The van der Waals surface area contributed by atoms with Crippen LogP contribution in [-0.2, 0) is 28.5 Å². The number of ether oxygens (including phenoxy) is 4. The van der Waals surface area contributed by atoms with Crippen molar-refractivity contribution in [3.8, 4) is 0 Å². The van der Waals surface area contributed by atoms with Crippen molar-refractivity contribution in [2.24, 2.45) is 5.92 Å². The van der Waals surface area contributed by atoms with Crippen LogP contribution < -0.4 is 10.6 Å². The Morgan fingerprint density at radius 3 is 1.32 bits per heavy atom. The van der Waals surface area contributed by atoms with E-state index in [0.717, 1.165) is 57.8 Å². The Morgan fingerprint density at radius 1 is 0.506 bits per heavy atom. The Balaban J connectivity index is 1.87. The lowest BCUT2D eigenvalue weighted by atomic mass is 9.95. The van der Waals surface area contributed by atoms with Crippen LogP contribution in [0, 0.1) is 5.92 Å². The number of rotatable bonds is 49. The molecule has 14 atom stereocenters. The maximum atomic E-state index is 13.4. The molecule has 456 valence electrons. The van der Waals surface area contributed by atoms with Crippen molar-refractivity contribution in [1.29, 1.82) is 0 Å². The number of aliphatic hydroxyl groups is 9. The van der Waals surface area contributed by atoms with Crippen LogP contribution in [0.4, 0.5) is 0 Å². The highest BCUT2D eigenvalue weighted by Gasteiger charge is 2.51. The van der Waals surface area contributed by atoms with Gasteiger partial charge < -0.3 is 75.5 Å². The molecule has 0 aromatic heterocycles. The maximum absolute atomic E-state index is 13.4. The average molecular weight is 1110 g/mol. The van der Waals surface area contributed by atoms with Gasteiger partial charge in [0.25, 0.3) is 0 Å². The van der Waals surface area contributed by atoms with E-state index >= 15 is 0 Å².